The molecule has 22 heavy (non-hydrogen) atoms. The Morgan fingerprint density at radius 3 is 2.73 bits per heavy atom. The van der Waals surface area contributed by atoms with Crippen molar-refractivity contribution in [3.63, 3.8) is 0 Å². The lowest BCUT2D eigenvalue weighted by molar-refractivity contribution is -0.158. The third-order valence-electron chi connectivity index (χ3n) is 7.90. The molecule has 3 nitrogen and oxygen atoms in total. The number of carbonyl (C=O) groups is 2. The molecule has 7 atom stereocenters. The Labute approximate surface area is 132 Å². The first-order valence-electron chi connectivity index (χ1n) is 9.06. The molecule has 4 saturated carbocycles. The fourth-order valence-electron chi connectivity index (χ4n) is 6.91. The third-order valence-corrected chi connectivity index (χ3v) is 7.90. The summed E-state index contributed by atoms with van der Waals surface area (Å²) in [7, 11) is 0. The average Bonchev–Trinajstić information content (AvgIpc) is 2.73. The molecule has 0 unspecified atom stereocenters. The van der Waals surface area contributed by atoms with Gasteiger partial charge in [-0.15, -0.1) is 0 Å². The molecule has 4 aliphatic rings. The Morgan fingerprint density at radius 1 is 1.18 bits per heavy atom. The zero-order valence-electron chi connectivity index (χ0n) is 13.8. The Hall–Kier alpha value is -0.700. The van der Waals surface area contributed by atoms with Gasteiger partial charge in [0.25, 0.3) is 0 Å². The molecule has 1 N–H and O–H groups in total. The molecule has 0 spiro atoms. The molecular formula is C19H28O3. The Kier molecular flexibility index (Phi) is 3.15. The highest BCUT2D eigenvalue weighted by atomic mass is 16.3. The lowest BCUT2D eigenvalue weighted by atomic mass is 9.45. The Bertz CT molecular complexity index is 527. The molecule has 4 aliphatic carbocycles. The van der Waals surface area contributed by atoms with Gasteiger partial charge >= 0.3 is 0 Å². The topological polar surface area (TPSA) is 54.4 Å². The second-order valence-corrected chi connectivity index (χ2v) is 9.16. The van der Waals surface area contributed by atoms with Crippen molar-refractivity contribution in [2.75, 3.05) is 0 Å². The van der Waals surface area contributed by atoms with Gasteiger partial charge in [0.2, 0.25) is 0 Å². The van der Waals surface area contributed by atoms with Gasteiger partial charge in [-0.2, -0.15) is 0 Å². The summed E-state index contributed by atoms with van der Waals surface area (Å²) in [6.07, 6.45) is 6.53. The number of aliphatic hydroxyl groups excluding tert-OH is 1. The fourth-order valence-corrected chi connectivity index (χ4v) is 6.91. The first kappa shape index (κ1) is 14.9. The van der Waals surface area contributed by atoms with Gasteiger partial charge in [-0.1, -0.05) is 13.8 Å². The van der Waals surface area contributed by atoms with Crippen LogP contribution in [-0.2, 0) is 9.59 Å². The van der Waals surface area contributed by atoms with Crippen LogP contribution in [0, 0.1) is 34.5 Å². The minimum atomic E-state index is -0.222. The van der Waals surface area contributed by atoms with Crippen molar-refractivity contribution in [2.45, 2.75) is 71.3 Å². The highest BCUT2D eigenvalue weighted by molar-refractivity contribution is 5.85. The SMILES string of the molecule is C[C@]12CC(=O)[C@@H]3[C@H](CC[C@H]4CC(=O)CC[C@@]43C)[C@@H]1C[C@@H](O)C2. The normalized spacial score (nSPS) is 54.6. The largest absolute Gasteiger partial charge is 0.393 e. The van der Waals surface area contributed by atoms with E-state index >= 15 is 0 Å². The van der Waals surface area contributed by atoms with Gasteiger partial charge in [0.05, 0.1) is 6.10 Å². The first-order chi connectivity index (χ1) is 10.3. The van der Waals surface area contributed by atoms with Crippen molar-refractivity contribution in [1.29, 1.82) is 0 Å². The molecule has 0 aromatic carbocycles. The molecule has 0 aromatic rings. The van der Waals surface area contributed by atoms with Gasteiger partial charge in [-0.05, 0) is 60.7 Å². The van der Waals surface area contributed by atoms with Crippen LogP contribution in [-0.4, -0.2) is 22.8 Å². The van der Waals surface area contributed by atoms with Crippen LogP contribution < -0.4 is 0 Å². The maximum absolute atomic E-state index is 13.1. The lowest BCUT2D eigenvalue weighted by Gasteiger charge is -2.58. The molecule has 0 aliphatic heterocycles. The van der Waals surface area contributed by atoms with Crippen LogP contribution in [0.15, 0.2) is 0 Å². The van der Waals surface area contributed by atoms with E-state index in [-0.39, 0.29) is 22.9 Å². The quantitative estimate of drug-likeness (QED) is 0.748. The number of Topliss-reactive ketones (excluding diaryl/α,β-unsaturated/α-hetero) is 2. The predicted octanol–water partition coefficient (Wildman–Crippen LogP) is 3.14. The molecule has 4 fully saturated rings. The summed E-state index contributed by atoms with van der Waals surface area (Å²) in [5, 5.41) is 10.2. The van der Waals surface area contributed by atoms with Crippen molar-refractivity contribution >= 4 is 11.6 Å². The predicted molar refractivity (Wildman–Crippen MR) is 83.1 cm³/mol. The Balaban J connectivity index is 1.70. The summed E-state index contributed by atoms with van der Waals surface area (Å²) < 4.78 is 0. The smallest absolute Gasteiger partial charge is 0.137 e. The zero-order chi connectivity index (χ0) is 15.7. The number of aliphatic hydroxyl groups is 1. The number of hydrogen-bond acceptors (Lipinski definition) is 3. The first-order valence-corrected chi connectivity index (χ1v) is 9.06. The summed E-state index contributed by atoms with van der Waals surface area (Å²) in [5.41, 5.74) is 0.0497. The number of rotatable bonds is 0. The monoisotopic (exact) mass is 304 g/mol. The molecule has 0 bridgehead atoms. The van der Waals surface area contributed by atoms with E-state index in [2.05, 4.69) is 13.8 Å². The van der Waals surface area contributed by atoms with Gasteiger partial charge in [0.1, 0.15) is 11.6 Å². The number of fused-ring (bicyclic) bond motifs is 5. The molecule has 3 heteroatoms. The van der Waals surface area contributed by atoms with Crippen molar-refractivity contribution in [3.05, 3.63) is 0 Å². The molecule has 122 valence electrons. The minimum absolute atomic E-state index is 0.0192. The zero-order valence-corrected chi connectivity index (χ0v) is 13.8. The van der Waals surface area contributed by atoms with Crippen LogP contribution in [0.1, 0.15) is 65.2 Å². The van der Waals surface area contributed by atoms with Crippen LogP contribution in [0.5, 0.6) is 0 Å². The highest BCUT2D eigenvalue weighted by Gasteiger charge is 2.62. The standard InChI is InChI=1S/C19H28O3/c1-18-9-13(21)8-15(18)14-4-3-11-7-12(20)5-6-19(11,2)17(14)16(22)10-18/h11,13-15,17,21H,3-10H2,1-2H3/t11-,13+,14+,15-,17-,18-,19-/m0/s1. The highest BCUT2D eigenvalue weighted by Crippen LogP contribution is 2.64. The average molecular weight is 304 g/mol. The summed E-state index contributed by atoms with van der Waals surface area (Å²) in [6, 6.07) is 0. The molecular weight excluding hydrogens is 276 g/mol. The van der Waals surface area contributed by atoms with Gasteiger partial charge in [0, 0.05) is 25.2 Å². The van der Waals surface area contributed by atoms with E-state index in [0.717, 1.165) is 32.1 Å². The van der Waals surface area contributed by atoms with Crippen LogP contribution >= 0.6 is 0 Å². The summed E-state index contributed by atoms with van der Waals surface area (Å²) in [6.45, 7) is 4.51. The minimum Gasteiger partial charge on any atom is -0.393 e. The lowest BCUT2D eigenvalue weighted by Crippen LogP contribution is -2.56. The van der Waals surface area contributed by atoms with Crippen molar-refractivity contribution < 1.29 is 14.7 Å². The molecule has 4 rings (SSSR count). The molecule has 0 radical (unpaired) electrons. The van der Waals surface area contributed by atoms with Crippen molar-refractivity contribution in [2.24, 2.45) is 34.5 Å². The van der Waals surface area contributed by atoms with Crippen LogP contribution in [0.25, 0.3) is 0 Å². The molecule has 0 saturated heterocycles. The van der Waals surface area contributed by atoms with Crippen molar-refractivity contribution in [1.82, 2.24) is 0 Å². The van der Waals surface area contributed by atoms with E-state index in [1.54, 1.807) is 0 Å². The van der Waals surface area contributed by atoms with E-state index < -0.39 is 0 Å². The number of carbonyl (C=O) groups excluding carboxylic acids is 2. The van der Waals surface area contributed by atoms with Gasteiger partial charge in [-0.3, -0.25) is 9.59 Å². The van der Waals surface area contributed by atoms with E-state index in [1.807, 2.05) is 0 Å². The summed E-state index contributed by atoms with van der Waals surface area (Å²) in [5.74, 6) is 2.32. The maximum atomic E-state index is 13.1. The van der Waals surface area contributed by atoms with Crippen molar-refractivity contribution in [3.8, 4) is 0 Å². The number of ketones is 2. The van der Waals surface area contributed by atoms with Crippen LogP contribution in [0.4, 0.5) is 0 Å². The number of hydrogen-bond donors (Lipinski definition) is 1. The van der Waals surface area contributed by atoms with Gasteiger partial charge < -0.3 is 5.11 Å². The Morgan fingerprint density at radius 2 is 1.95 bits per heavy atom. The van der Waals surface area contributed by atoms with Gasteiger partial charge in [-0.25, -0.2) is 0 Å². The molecule has 0 aromatic heterocycles. The van der Waals surface area contributed by atoms with E-state index in [1.165, 1.54) is 0 Å². The molecule has 0 amide bonds. The third kappa shape index (κ3) is 1.90. The van der Waals surface area contributed by atoms with E-state index in [9.17, 15) is 14.7 Å². The van der Waals surface area contributed by atoms with E-state index in [0.29, 0.717) is 48.6 Å². The maximum Gasteiger partial charge on any atom is 0.137 e. The summed E-state index contributed by atoms with van der Waals surface area (Å²) in [4.78, 5) is 24.9. The second kappa shape index (κ2) is 4.66. The van der Waals surface area contributed by atoms with Crippen LogP contribution in [0.3, 0.4) is 0 Å². The summed E-state index contributed by atoms with van der Waals surface area (Å²) >= 11 is 0. The van der Waals surface area contributed by atoms with Crippen LogP contribution in [0.2, 0.25) is 0 Å². The van der Waals surface area contributed by atoms with E-state index in [4.69, 9.17) is 0 Å². The van der Waals surface area contributed by atoms with Gasteiger partial charge in [0.15, 0.2) is 0 Å². The molecule has 0 heterocycles. The second-order valence-electron chi connectivity index (χ2n) is 9.16. The fraction of sp³-hybridized carbons (Fsp3) is 0.895.